The van der Waals surface area contributed by atoms with Crippen LogP contribution in [-0.2, 0) is 6.54 Å². The fraction of sp³-hybridized carbons (Fsp3) is 0.393. The Morgan fingerprint density at radius 2 is 1.86 bits per heavy atom. The van der Waals surface area contributed by atoms with Crippen molar-refractivity contribution in [2.24, 2.45) is 5.92 Å². The molecule has 0 saturated heterocycles. The van der Waals surface area contributed by atoms with Gasteiger partial charge in [0, 0.05) is 18.8 Å². The van der Waals surface area contributed by atoms with Gasteiger partial charge in [-0.3, -0.25) is 4.98 Å². The topological polar surface area (TPSA) is 92.3 Å². The van der Waals surface area contributed by atoms with Crippen molar-refractivity contribution in [1.29, 1.82) is 5.26 Å². The number of hydrogen-bond acceptors (Lipinski definition) is 6. The Balaban J connectivity index is 1.70. The van der Waals surface area contributed by atoms with Crippen LogP contribution in [0.5, 0.6) is 0 Å². The van der Waals surface area contributed by atoms with E-state index in [-0.39, 0.29) is 11.9 Å². The third kappa shape index (κ3) is 4.61. The molecule has 3 aromatic heterocycles. The smallest absolute Gasteiger partial charge is 0.236 e. The van der Waals surface area contributed by atoms with Gasteiger partial charge in [-0.1, -0.05) is 50.1 Å². The summed E-state index contributed by atoms with van der Waals surface area (Å²) in [5, 5.41) is 13.2. The standard InChI is InChI=1S/C28H31N7/c1-17(2)22-12-13-30-23(14-22)28-34-27-25(35(28)16-20-10-8-18(3)9-11-20)26(32-24(15-29)33-27)31-19(4)21-6-5-7-21/h8-14,17,19,21H,5-7,16H2,1-4H3,(H,31,32,33)/t19-/m1/s1. The number of hydrogen-bond donors (Lipinski definition) is 1. The highest BCUT2D eigenvalue weighted by Crippen LogP contribution is 2.34. The molecule has 0 amide bonds. The maximum absolute atomic E-state index is 9.62. The molecule has 1 aliphatic carbocycles. The summed E-state index contributed by atoms with van der Waals surface area (Å²) < 4.78 is 2.14. The normalized spacial score (nSPS) is 14.6. The molecular weight excluding hydrogens is 434 g/mol. The molecule has 1 saturated carbocycles. The molecule has 1 aromatic carbocycles. The van der Waals surface area contributed by atoms with Gasteiger partial charge in [0.2, 0.25) is 5.82 Å². The SMILES string of the molecule is Cc1ccc(Cn2c(-c3cc(C(C)C)ccn3)nc3nc(C#N)nc(N[C@H](C)C4CCC4)c32)cc1. The number of pyridine rings is 1. The Hall–Kier alpha value is -3.79. The lowest BCUT2D eigenvalue weighted by atomic mass is 9.80. The van der Waals surface area contributed by atoms with Crippen LogP contribution in [0.15, 0.2) is 42.6 Å². The molecule has 0 aliphatic heterocycles. The number of anilines is 1. The van der Waals surface area contributed by atoms with Gasteiger partial charge in [0.05, 0.1) is 0 Å². The van der Waals surface area contributed by atoms with Crippen LogP contribution >= 0.6 is 0 Å². The second-order valence-corrected chi connectivity index (χ2v) is 9.94. The van der Waals surface area contributed by atoms with Crippen molar-refractivity contribution in [3.63, 3.8) is 0 Å². The quantitative estimate of drug-likeness (QED) is 0.369. The Kier molecular flexibility index (Phi) is 6.21. The first-order chi connectivity index (χ1) is 16.9. The molecule has 1 N–H and O–H groups in total. The Labute approximate surface area is 206 Å². The van der Waals surface area contributed by atoms with Gasteiger partial charge in [-0.25, -0.2) is 4.98 Å². The van der Waals surface area contributed by atoms with Crippen LogP contribution in [-0.4, -0.2) is 30.5 Å². The molecule has 1 atom stereocenters. The predicted octanol–water partition coefficient (Wildman–Crippen LogP) is 5.84. The Bertz CT molecular complexity index is 1390. The van der Waals surface area contributed by atoms with Crippen molar-refractivity contribution in [3.8, 4) is 17.6 Å². The number of nitrogens with one attached hydrogen (secondary N) is 1. The Morgan fingerprint density at radius 1 is 1.09 bits per heavy atom. The third-order valence-corrected chi connectivity index (χ3v) is 7.07. The van der Waals surface area contributed by atoms with E-state index in [1.165, 1.54) is 30.4 Å². The van der Waals surface area contributed by atoms with Gasteiger partial charge >= 0.3 is 0 Å². The van der Waals surface area contributed by atoms with Gasteiger partial charge in [0.15, 0.2) is 17.3 Å². The minimum atomic E-state index is 0.122. The van der Waals surface area contributed by atoms with E-state index >= 15 is 0 Å². The van der Waals surface area contributed by atoms with Crippen molar-refractivity contribution in [2.45, 2.75) is 65.5 Å². The van der Waals surface area contributed by atoms with E-state index in [9.17, 15) is 5.26 Å². The zero-order valence-corrected chi connectivity index (χ0v) is 20.8. The van der Waals surface area contributed by atoms with Crippen LogP contribution in [0.1, 0.15) is 68.5 Å². The number of benzene rings is 1. The second kappa shape index (κ2) is 9.46. The molecule has 1 fully saturated rings. The third-order valence-electron chi connectivity index (χ3n) is 7.07. The van der Waals surface area contributed by atoms with Crippen LogP contribution in [0, 0.1) is 24.2 Å². The van der Waals surface area contributed by atoms with Crippen molar-refractivity contribution in [3.05, 3.63) is 65.1 Å². The average Bonchev–Trinajstić information content (AvgIpc) is 3.17. The van der Waals surface area contributed by atoms with E-state index < -0.39 is 0 Å². The van der Waals surface area contributed by atoms with E-state index in [0.29, 0.717) is 29.8 Å². The van der Waals surface area contributed by atoms with E-state index in [2.05, 4.69) is 88.9 Å². The van der Waals surface area contributed by atoms with Crippen molar-refractivity contribution >= 4 is 17.0 Å². The maximum Gasteiger partial charge on any atom is 0.236 e. The number of aromatic nitrogens is 5. The van der Waals surface area contributed by atoms with Crippen LogP contribution < -0.4 is 5.32 Å². The number of rotatable bonds is 7. The summed E-state index contributed by atoms with van der Waals surface area (Å²) in [4.78, 5) is 18.7. The van der Waals surface area contributed by atoms with Gasteiger partial charge < -0.3 is 9.88 Å². The molecule has 0 unspecified atom stereocenters. The molecule has 3 heterocycles. The lowest BCUT2D eigenvalue weighted by molar-refractivity contribution is 0.285. The lowest BCUT2D eigenvalue weighted by Crippen LogP contribution is -2.31. The molecular formula is C28H31N7. The van der Waals surface area contributed by atoms with Gasteiger partial charge in [-0.2, -0.15) is 15.2 Å². The maximum atomic E-state index is 9.62. The predicted molar refractivity (Wildman–Crippen MR) is 138 cm³/mol. The number of nitrogens with zero attached hydrogens (tertiary/aromatic N) is 6. The number of aryl methyl sites for hydroxylation is 1. The summed E-state index contributed by atoms with van der Waals surface area (Å²) in [7, 11) is 0. The highest BCUT2D eigenvalue weighted by Gasteiger charge is 2.27. The summed E-state index contributed by atoms with van der Waals surface area (Å²) in [6.45, 7) is 9.22. The first kappa shape index (κ1) is 23.0. The molecule has 1 aliphatic rings. The van der Waals surface area contributed by atoms with Gasteiger partial charge in [-0.15, -0.1) is 0 Å². The molecule has 0 bridgehead atoms. The Morgan fingerprint density at radius 3 is 2.51 bits per heavy atom. The first-order valence-corrected chi connectivity index (χ1v) is 12.4. The van der Waals surface area contributed by atoms with Gasteiger partial charge in [0.25, 0.3) is 0 Å². The summed E-state index contributed by atoms with van der Waals surface area (Å²) in [6, 6.07) is 15.0. The summed E-state index contributed by atoms with van der Waals surface area (Å²) in [5.41, 5.74) is 5.68. The fourth-order valence-electron chi connectivity index (χ4n) is 4.61. The zero-order valence-electron chi connectivity index (χ0n) is 20.8. The number of nitriles is 1. The van der Waals surface area contributed by atoms with Crippen molar-refractivity contribution in [1.82, 2.24) is 24.5 Å². The largest absolute Gasteiger partial charge is 0.365 e. The molecule has 5 rings (SSSR count). The van der Waals surface area contributed by atoms with Crippen LogP contribution in [0.4, 0.5) is 5.82 Å². The summed E-state index contributed by atoms with van der Waals surface area (Å²) in [5.74, 6) is 2.50. The molecule has 7 nitrogen and oxygen atoms in total. The van der Waals surface area contributed by atoms with Crippen LogP contribution in [0.2, 0.25) is 0 Å². The fourth-order valence-corrected chi connectivity index (χ4v) is 4.61. The molecule has 35 heavy (non-hydrogen) atoms. The van der Waals surface area contributed by atoms with Crippen molar-refractivity contribution < 1.29 is 0 Å². The van der Waals surface area contributed by atoms with Gasteiger partial charge in [0.1, 0.15) is 17.3 Å². The van der Waals surface area contributed by atoms with Crippen LogP contribution in [0.25, 0.3) is 22.7 Å². The molecule has 0 spiro atoms. The average molecular weight is 466 g/mol. The molecule has 4 aromatic rings. The number of fused-ring (bicyclic) bond motifs is 1. The van der Waals surface area contributed by atoms with E-state index in [1.807, 2.05) is 12.3 Å². The van der Waals surface area contributed by atoms with Gasteiger partial charge in [-0.05, 0) is 61.8 Å². The van der Waals surface area contributed by atoms with Crippen molar-refractivity contribution in [2.75, 3.05) is 5.32 Å². The zero-order chi connectivity index (χ0) is 24.5. The molecule has 7 heteroatoms. The highest BCUT2D eigenvalue weighted by molar-refractivity contribution is 5.87. The van der Waals surface area contributed by atoms with Crippen LogP contribution in [0.3, 0.4) is 0 Å². The van der Waals surface area contributed by atoms with E-state index in [0.717, 1.165) is 22.6 Å². The van der Waals surface area contributed by atoms with E-state index in [1.54, 1.807) is 0 Å². The monoisotopic (exact) mass is 465 g/mol. The number of imidazole rings is 1. The second-order valence-electron chi connectivity index (χ2n) is 9.94. The minimum Gasteiger partial charge on any atom is -0.365 e. The minimum absolute atomic E-state index is 0.122. The summed E-state index contributed by atoms with van der Waals surface area (Å²) in [6.07, 6.45) is 5.54. The highest BCUT2D eigenvalue weighted by atomic mass is 15.2. The lowest BCUT2D eigenvalue weighted by Gasteiger charge is -2.32. The first-order valence-electron chi connectivity index (χ1n) is 12.4. The molecule has 0 radical (unpaired) electrons. The van der Waals surface area contributed by atoms with E-state index in [4.69, 9.17) is 4.98 Å². The summed E-state index contributed by atoms with van der Waals surface area (Å²) >= 11 is 0. The molecule has 178 valence electrons.